The predicted molar refractivity (Wildman–Crippen MR) is 111 cm³/mol. The lowest BCUT2D eigenvalue weighted by atomic mass is 9.84. The summed E-state index contributed by atoms with van der Waals surface area (Å²) in [6.07, 6.45) is 3.73. The van der Waals surface area contributed by atoms with Gasteiger partial charge < -0.3 is 15.2 Å². The molecule has 0 spiro atoms. The van der Waals surface area contributed by atoms with Gasteiger partial charge in [0.05, 0.1) is 11.7 Å². The van der Waals surface area contributed by atoms with Crippen LogP contribution in [0.15, 0.2) is 47.4 Å². The van der Waals surface area contributed by atoms with Crippen LogP contribution in [0.1, 0.15) is 34.8 Å². The van der Waals surface area contributed by atoms with Crippen LogP contribution in [0.5, 0.6) is 0 Å². The molecule has 7 nitrogen and oxygen atoms in total. The summed E-state index contributed by atoms with van der Waals surface area (Å²) in [5, 5.41) is 11.9. The number of amides is 1. The number of fused-ring (bicyclic) bond motifs is 5. The van der Waals surface area contributed by atoms with Gasteiger partial charge in [-0.2, -0.15) is 5.10 Å². The first-order valence-corrected chi connectivity index (χ1v) is 10.3. The van der Waals surface area contributed by atoms with E-state index < -0.39 is 0 Å². The van der Waals surface area contributed by atoms with Gasteiger partial charge in [0.15, 0.2) is 0 Å². The molecule has 0 radical (unpaired) electrons. The van der Waals surface area contributed by atoms with Crippen molar-refractivity contribution >= 4 is 16.8 Å². The number of rotatable bonds is 5. The molecular weight excluding hydrogens is 366 g/mol. The van der Waals surface area contributed by atoms with Crippen LogP contribution in [-0.2, 0) is 13.1 Å². The number of para-hydroxylation sites is 1. The lowest BCUT2D eigenvalue weighted by Gasteiger charge is -2.37. The van der Waals surface area contributed by atoms with Gasteiger partial charge in [-0.3, -0.25) is 14.3 Å². The Hall–Kier alpha value is -2.93. The molecule has 1 amide bonds. The molecular formula is C22H25N5O2. The summed E-state index contributed by atoms with van der Waals surface area (Å²) in [5.41, 5.74) is 2.23. The number of nitrogens with zero attached hydrogens (tertiary/aromatic N) is 3. The summed E-state index contributed by atoms with van der Waals surface area (Å²) >= 11 is 0. The van der Waals surface area contributed by atoms with Crippen LogP contribution in [0.25, 0.3) is 10.9 Å². The standard InChI is InChI=1S/C22H25N5O2/c28-21(24-8-3-9-27-20-5-2-1-4-16(20)13-25-27)18-6-7-19-17-10-15(11-23-12-17)14-26(19)22(18)29/h1-2,4-7,13,15,17,23H,3,8-12,14H2,(H,24,28)/t15-,17+/m0/s1. The van der Waals surface area contributed by atoms with E-state index in [9.17, 15) is 9.59 Å². The number of aryl methyl sites for hydroxylation is 1. The Morgan fingerprint density at radius 1 is 1.21 bits per heavy atom. The molecule has 2 aliphatic heterocycles. The molecule has 1 fully saturated rings. The summed E-state index contributed by atoms with van der Waals surface area (Å²) in [6, 6.07) is 11.7. The quantitative estimate of drug-likeness (QED) is 0.649. The van der Waals surface area contributed by atoms with Gasteiger partial charge in [0.2, 0.25) is 0 Å². The predicted octanol–water partition coefficient (Wildman–Crippen LogP) is 1.72. The number of aromatic nitrogens is 3. The van der Waals surface area contributed by atoms with Gasteiger partial charge in [-0.05, 0) is 43.5 Å². The number of hydrogen-bond acceptors (Lipinski definition) is 4. The van der Waals surface area contributed by atoms with Crippen molar-refractivity contribution in [3.05, 3.63) is 64.2 Å². The third-order valence-corrected chi connectivity index (χ3v) is 6.14. The van der Waals surface area contributed by atoms with Crippen LogP contribution < -0.4 is 16.2 Å². The van der Waals surface area contributed by atoms with Crippen LogP contribution in [0.2, 0.25) is 0 Å². The number of carbonyl (C=O) groups excluding carboxylic acids is 1. The van der Waals surface area contributed by atoms with Crippen molar-refractivity contribution in [2.75, 3.05) is 19.6 Å². The zero-order chi connectivity index (χ0) is 19.8. The third kappa shape index (κ3) is 3.35. The second kappa shape index (κ2) is 7.48. The molecule has 29 heavy (non-hydrogen) atoms. The zero-order valence-corrected chi connectivity index (χ0v) is 16.3. The summed E-state index contributed by atoms with van der Waals surface area (Å²) in [4.78, 5) is 25.5. The Labute approximate surface area is 168 Å². The number of carbonyl (C=O) groups is 1. The fourth-order valence-electron chi connectivity index (χ4n) is 4.69. The van der Waals surface area contributed by atoms with Gasteiger partial charge in [0.1, 0.15) is 5.56 Å². The van der Waals surface area contributed by atoms with E-state index in [0.29, 0.717) is 31.5 Å². The molecule has 0 saturated carbocycles. The molecule has 2 atom stereocenters. The zero-order valence-electron chi connectivity index (χ0n) is 16.3. The van der Waals surface area contributed by atoms with Crippen LogP contribution in [-0.4, -0.2) is 39.9 Å². The molecule has 3 aromatic rings. The summed E-state index contributed by atoms with van der Waals surface area (Å²) < 4.78 is 3.77. The second-order valence-electron chi connectivity index (χ2n) is 8.08. The molecule has 0 aliphatic carbocycles. The fourth-order valence-corrected chi connectivity index (χ4v) is 4.69. The number of nitrogens with one attached hydrogen (secondary N) is 2. The first-order valence-electron chi connectivity index (χ1n) is 10.3. The van der Waals surface area contributed by atoms with Gasteiger partial charge in [0.25, 0.3) is 11.5 Å². The Bertz CT molecular complexity index is 1120. The first-order chi connectivity index (χ1) is 14.2. The Balaban J connectivity index is 1.23. The molecule has 0 unspecified atom stereocenters. The van der Waals surface area contributed by atoms with E-state index in [4.69, 9.17) is 0 Å². The van der Waals surface area contributed by atoms with E-state index in [1.807, 2.05) is 45.8 Å². The van der Waals surface area contributed by atoms with Crippen molar-refractivity contribution in [1.29, 1.82) is 0 Å². The maximum atomic E-state index is 12.9. The highest BCUT2D eigenvalue weighted by atomic mass is 16.2. The molecule has 2 bridgehead atoms. The van der Waals surface area contributed by atoms with E-state index >= 15 is 0 Å². The minimum Gasteiger partial charge on any atom is -0.352 e. The van der Waals surface area contributed by atoms with E-state index in [1.165, 1.54) is 0 Å². The number of pyridine rings is 1. The van der Waals surface area contributed by atoms with E-state index in [0.717, 1.165) is 42.5 Å². The van der Waals surface area contributed by atoms with Crippen molar-refractivity contribution in [3.8, 4) is 0 Å². The van der Waals surface area contributed by atoms with Gasteiger partial charge in [-0.25, -0.2) is 0 Å². The average molecular weight is 391 g/mol. The lowest BCUT2D eigenvalue weighted by molar-refractivity contribution is 0.0949. The van der Waals surface area contributed by atoms with Crippen molar-refractivity contribution in [2.24, 2.45) is 5.92 Å². The minimum absolute atomic E-state index is 0.158. The van der Waals surface area contributed by atoms with E-state index in [1.54, 1.807) is 6.07 Å². The van der Waals surface area contributed by atoms with Gasteiger partial charge >= 0.3 is 0 Å². The van der Waals surface area contributed by atoms with Gasteiger partial charge in [-0.1, -0.05) is 18.2 Å². The Morgan fingerprint density at radius 2 is 2.10 bits per heavy atom. The van der Waals surface area contributed by atoms with Crippen molar-refractivity contribution in [2.45, 2.75) is 31.8 Å². The highest BCUT2D eigenvalue weighted by Gasteiger charge is 2.31. The summed E-state index contributed by atoms with van der Waals surface area (Å²) in [7, 11) is 0. The largest absolute Gasteiger partial charge is 0.352 e. The lowest BCUT2D eigenvalue weighted by Crippen LogP contribution is -2.46. The van der Waals surface area contributed by atoms with Crippen LogP contribution >= 0.6 is 0 Å². The molecule has 1 aromatic carbocycles. The topological polar surface area (TPSA) is 81.0 Å². The summed E-state index contributed by atoms with van der Waals surface area (Å²) in [6.45, 7) is 3.77. The van der Waals surface area contributed by atoms with Gasteiger partial charge in [-0.15, -0.1) is 0 Å². The molecule has 2 aromatic heterocycles. The third-order valence-electron chi connectivity index (χ3n) is 6.14. The highest BCUT2D eigenvalue weighted by molar-refractivity contribution is 5.93. The summed E-state index contributed by atoms with van der Waals surface area (Å²) in [5.74, 6) is 0.557. The highest BCUT2D eigenvalue weighted by Crippen LogP contribution is 2.31. The van der Waals surface area contributed by atoms with Crippen molar-refractivity contribution < 1.29 is 4.79 Å². The molecule has 2 N–H and O–H groups in total. The van der Waals surface area contributed by atoms with Gasteiger partial charge in [0, 0.05) is 43.2 Å². The maximum Gasteiger partial charge on any atom is 0.263 e. The number of piperidine rings is 1. The molecule has 5 rings (SSSR count). The monoisotopic (exact) mass is 391 g/mol. The smallest absolute Gasteiger partial charge is 0.263 e. The van der Waals surface area contributed by atoms with Crippen molar-refractivity contribution in [3.63, 3.8) is 0 Å². The normalized spacial score (nSPS) is 20.4. The maximum absolute atomic E-state index is 12.9. The van der Waals surface area contributed by atoms with Crippen LogP contribution in [0, 0.1) is 5.92 Å². The molecule has 1 saturated heterocycles. The fraction of sp³-hybridized carbons (Fsp3) is 0.409. The Morgan fingerprint density at radius 3 is 3.03 bits per heavy atom. The van der Waals surface area contributed by atoms with E-state index in [2.05, 4.69) is 15.7 Å². The molecule has 7 heteroatoms. The first kappa shape index (κ1) is 18.1. The van der Waals surface area contributed by atoms with Crippen LogP contribution in [0.3, 0.4) is 0 Å². The average Bonchev–Trinajstić information content (AvgIpc) is 3.15. The number of benzene rings is 1. The molecule has 150 valence electrons. The second-order valence-corrected chi connectivity index (χ2v) is 8.08. The van der Waals surface area contributed by atoms with E-state index in [-0.39, 0.29) is 17.0 Å². The van der Waals surface area contributed by atoms with Crippen LogP contribution in [0.4, 0.5) is 0 Å². The molecule has 4 heterocycles. The number of hydrogen-bond donors (Lipinski definition) is 2. The van der Waals surface area contributed by atoms with Crippen molar-refractivity contribution in [1.82, 2.24) is 25.0 Å². The Kier molecular flexibility index (Phi) is 4.67. The minimum atomic E-state index is -0.288. The SMILES string of the molecule is O=C(NCCCn1ncc2ccccc21)c1ccc2n(c1=O)C[C@@H]1CNC[C@H]2C1. The molecule has 2 aliphatic rings.